The molecule has 5 rings (SSSR count). The van der Waals surface area contributed by atoms with Crippen LogP contribution in [0.4, 0.5) is 5.82 Å². The van der Waals surface area contributed by atoms with Gasteiger partial charge in [0.2, 0.25) is 0 Å². The maximum absolute atomic E-state index is 13.6. The van der Waals surface area contributed by atoms with E-state index in [1.54, 1.807) is 21.6 Å². The van der Waals surface area contributed by atoms with Crippen molar-refractivity contribution < 1.29 is 9.53 Å². The van der Waals surface area contributed by atoms with Gasteiger partial charge in [-0.1, -0.05) is 43.9 Å². The van der Waals surface area contributed by atoms with Crippen LogP contribution in [0.2, 0.25) is 0 Å². The molecule has 3 fully saturated rings. The molecule has 1 amide bonds. The number of carbonyl (C=O) groups is 1. The number of piperidine rings is 1. The number of anilines is 1. The van der Waals surface area contributed by atoms with E-state index in [0.717, 1.165) is 39.0 Å². The molecule has 0 radical (unpaired) electrons. The van der Waals surface area contributed by atoms with Crippen molar-refractivity contribution in [1.82, 2.24) is 14.3 Å². The first-order valence-corrected chi connectivity index (χ1v) is 12.8. The maximum atomic E-state index is 13.6. The molecule has 0 N–H and O–H groups in total. The van der Waals surface area contributed by atoms with Crippen molar-refractivity contribution >= 4 is 51.7 Å². The summed E-state index contributed by atoms with van der Waals surface area (Å²) in [6, 6.07) is 5.53. The lowest BCUT2D eigenvalue weighted by Gasteiger charge is -2.36. The molecule has 3 atom stereocenters. The Morgan fingerprint density at radius 3 is 2.76 bits per heavy atom. The third-order valence-electron chi connectivity index (χ3n) is 6.48. The van der Waals surface area contributed by atoms with Crippen LogP contribution in [0, 0.1) is 11.8 Å². The number of pyridine rings is 1. The Bertz CT molecular complexity index is 1180. The lowest BCUT2D eigenvalue weighted by Crippen LogP contribution is -2.40. The molecule has 0 bridgehead atoms. The number of carbonyl (C=O) groups excluding carboxylic acids is 1. The Labute approximate surface area is 202 Å². The lowest BCUT2D eigenvalue weighted by atomic mass is 9.91. The Morgan fingerprint density at radius 1 is 1.24 bits per heavy atom. The second-order valence-corrected chi connectivity index (χ2v) is 11.0. The van der Waals surface area contributed by atoms with Crippen LogP contribution in [0.15, 0.2) is 34.1 Å². The van der Waals surface area contributed by atoms with Gasteiger partial charge in [-0.3, -0.25) is 18.9 Å². The first kappa shape index (κ1) is 22.6. The van der Waals surface area contributed by atoms with Crippen molar-refractivity contribution in [1.29, 1.82) is 0 Å². The van der Waals surface area contributed by atoms with Gasteiger partial charge < -0.3 is 9.64 Å². The molecule has 0 aromatic carbocycles. The minimum atomic E-state index is -0.175. The van der Waals surface area contributed by atoms with Crippen molar-refractivity contribution in [2.45, 2.75) is 39.2 Å². The molecule has 7 nitrogen and oxygen atoms in total. The predicted octanol–water partition coefficient (Wildman–Crippen LogP) is 3.56. The molecule has 2 aromatic heterocycles. The third-order valence-corrected chi connectivity index (χ3v) is 7.85. The van der Waals surface area contributed by atoms with Crippen LogP contribution in [-0.4, -0.2) is 56.9 Å². The molecule has 3 aliphatic rings. The fraction of sp³-hybridized carbons (Fsp3) is 0.500. The smallest absolute Gasteiger partial charge is 0.267 e. The Balaban J connectivity index is 1.56. The van der Waals surface area contributed by atoms with Gasteiger partial charge in [0.25, 0.3) is 11.5 Å². The van der Waals surface area contributed by atoms with E-state index in [9.17, 15) is 9.59 Å². The largest absolute Gasteiger partial charge is 0.376 e. The number of hydrogen-bond acceptors (Lipinski definition) is 7. The standard InChI is InChI=1S/C24H28N4O3S2/c1-15-10-16(2)13-26(12-15)21-18(22(29)27-8-4-3-7-20(27)25-21)11-19-23(30)28(24(32)33-19)14-17-6-5-9-31-17/h3-4,7-8,11,15-17H,5-6,9-10,12-14H2,1-2H3/b19-11-/t15-,16+,17-/m0/s1. The normalized spacial score (nSPS) is 27.3. The minimum Gasteiger partial charge on any atom is -0.376 e. The van der Waals surface area contributed by atoms with Gasteiger partial charge in [-0.2, -0.15) is 0 Å². The number of thioether (sulfide) groups is 1. The molecule has 0 aliphatic carbocycles. The molecule has 0 spiro atoms. The monoisotopic (exact) mass is 484 g/mol. The van der Waals surface area contributed by atoms with Crippen LogP contribution in [0.1, 0.15) is 38.7 Å². The first-order valence-electron chi connectivity index (χ1n) is 11.5. The van der Waals surface area contributed by atoms with Crippen molar-refractivity contribution in [3.8, 4) is 0 Å². The number of fused-ring (bicyclic) bond motifs is 1. The van der Waals surface area contributed by atoms with Crippen LogP contribution in [0.5, 0.6) is 0 Å². The average Bonchev–Trinajstić information content (AvgIpc) is 3.39. The highest BCUT2D eigenvalue weighted by Crippen LogP contribution is 2.35. The van der Waals surface area contributed by atoms with Gasteiger partial charge in [0, 0.05) is 25.9 Å². The highest BCUT2D eigenvalue weighted by atomic mass is 32.2. The van der Waals surface area contributed by atoms with E-state index < -0.39 is 0 Å². The van der Waals surface area contributed by atoms with E-state index in [0.29, 0.717) is 44.6 Å². The molecular formula is C24H28N4O3S2. The molecule has 2 aromatic rings. The van der Waals surface area contributed by atoms with Crippen LogP contribution in [0.25, 0.3) is 11.7 Å². The summed E-state index contributed by atoms with van der Waals surface area (Å²) in [5, 5.41) is 0. The Morgan fingerprint density at radius 2 is 2.03 bits per heavy atom. The summed E-state index contributed by atoms with van der Waals surface area (Å²) in [7, 11) is 0. The molecule has 3 saturated heterocycles. The van der Waals surface area contributed by atoms with Gasteiger partial charge in [-0.25, -0.2) is 4.98 Å². The number of rotatable bonds is 4. The van der Waals surface area contributed by atoms with Crippen LogP contribution in [0.3, 0.4) is 0 Å². The molecule has 5 heterocycles. The third kappa shape index (κ3) is 4.46. The fourth-order valence-corrected chi connectivity index (χ4v) is 6.33. The van der Waals surface area contributed by atoms with E-state index in [2.05, 4.69) is 18.7 Å². The van der Waals surface area contributed by atoms with Gasteiger partial charge >= 0.3 is 0 Å². The Hall–Kier alpha value is -2.23. The molecule has 0 saturated carbocycles. The molecule has 9 heteroatoms. The van der Waals surface area contributed by atoms with Crippen LogP contribution >= 0.6 is 24.0 Å². The second kappa shape index (κ2) is 9.19. The number of ether oxygens (including phenoxy) is 1. The van der Waals surface area contributed by atoms with Crippen LogP contribution < -0.4 is 10.5 Å². The number of hydrogen-bond donors (Lipinski definition) is 0. The maximum Gasteiger partial charge on any atom is 0.267 e. The summed E-state index contributed by atoms with van der Waals surface area (Å²) in [4.78, 5) is 35.9. The van der Waals surface area contributed by atoms with Crippen molar-refractivity contribution in [3.63, 3.8) is 0 Å². The van der Waals surface area contributed by atoms with Crippen LogP contribution in [-0.2, 0) is 9.53 Å². The van der Waals surface area contributed by atoms with Crippen molar-refractivity contribution in [2.24, 2.45) is 11.8 Å². The van der Waals surface area contributed by atoms with Gasteiger partial charge in [0.15, 0.2) is 0 Å². The summed E-state index contributed by atoms with van der Waals surface area (Å²) in [6.07, 6.45) is 6.53. The van der Waals surface area contributed by atoms with E-state index >= 15 is 0 Å². The van der Waals surface area contributed by atoms with Gasteiger partial charge in [-0.15, -0.1) is 0 Å². The summed E-state index contributed by atoms with van der Waals surface area (Å²) in [6.45, 7) is 7.32. The van der Waals surface area contributed by atoms with E-state index in [4.69, 9.17) is 21.9 Å². The summed E-state index contributed by atoms with van der Waals surface area (Å²) >= 11 is 6.76. The Kier molecular flexibility index (Phi) is 6.28. The molecular weight excluding hydrogens is 456 g/mol. The number of amides is 1. The number of thiocarbonyl (C=S) groups is 1. The first-order chi connectivity index (χ1) is 15.9. The predicted molar refractivity (Wildman–Crippen MR) is 135 cm³/mol. The zero-order valence-electron chi connectivity index (χ0n) is 18.9. The highest BCUT2D eigenvalue weighted by molar-refractivity contribution is 8.26. The van der Waals surface area contributed by atoms with Crippen molar-refractivity contribution in [3.05, 3.63) is 45.2 Å². The highest BCUT2D eigenvalue weighted by Gasteiger charge is 2.35. The molecule has 3 aliphatic heterocycles. The van der Waals surface area contributed by atoms with Gasteiger partial charge in [0.1, 0.15) is 15.8 Å². The SMILES string of the molecule is C[C@@H]1C[C@H](C)CN(c2nc3ccccn3c(=O)c2/C=C2\SC(=S)N(C[C@@H]3CCCO3)C2=O)C1. The fourth-order valence-electron chi connectivity index (χ4n) is 5.07. The zero-order valence-corrected chi connectivity index (χ0v) is 20.5. The molecule has 33 heavy (non-hydrogen) atoms. The minimum absolute atomic E-state index is 0.0201. The van der Waals surface area contributed by atoms with E-state index in [1.807, 2.05) is 18.2 Å². The summed E-state index contributed by atoms with van der Waals surface area (Å²) < 4.78 is 7.75. The number of nitrogens with zero attached hydrogens (tertiary/aromatic N) is 4. The van der Waals surface area contributed by atoms with Crippen molar-refractivity contribution in [2.75, 3.05) is 31.1 Å². The quantitative estimate of drug-likeness (QED) is 0.486. The summed E-state index contributed by atoms with van der Waals surface area (Å²) in [5.41, 5.74) is 0.870. The second-order valence-electron chi connectivity index (χ2n) is 9.36. The molecule has 174 valence electrons. The lowest BCUT2D eigenvalue weighted by molar-refractivity contribution is -0.123. The summed E-state index contributed by atoms with van der Waals surface area (Å²) in [5.74, 6) is 1.49. The van der Waals surface area contributed by atoms with Gasteiger partial charge in [0.05, 0.1) is 23.1 Å². The topological polar surface area (TPSA) is 67.2 Å². The number of aromatic nitrogens is 2. The zero-order chi connectivity index (χ0) is 23.1. The van der Waals surface area contributed by atoms with Gasteiger partial charge in [-0.05, 0) is 49.3 Å². The van der Waals surface area contributed by atoms with E-state index in [-0.39, 0.29) is 17.6 Å². The molecule has 0 unspecified atom stereocenters. The average molecular weight is 485 g/mol. The van der Waals surface area contributed by atoms with E-state index in [1.165, 1.54) is 11.8 Å².